The van der Waals surface area contributed by atoms with Crippen molar-refractivity contribution in [3.05, 3.63) is 64.7 Å². The highest BCUT2D eigenvalue weighted by atomic mass is 35.5. The summed E-state index contributed by atoms with van der Waals surface area (Å²) < 4.78 is 24.2. The SMILES string of the molecule is CN(c1ccc(C(=O)NCCCc2ccccc2)c(Cl)c1)S(C)(=O)=O. The molecule has 0 aliphatic heterocycles. The molecule has 0 bridgehead atoms. The first kappa shape index (κ1) is 19.3. The minimum Gasteiger partial charge on any atom is -0.352 e. The van der Waals surface area contributed by atoms with Crippen molar-refractivity contribution in [3.8, 4) is 0 Å². The molecule has 0 saturated carbocycles. The third-order valence-electron chi connectivity index (χ3n) is 3.83. The van der Waals surface area contributed by atoms with Crippen molar-refractivity contribution in [3.63, 3.8) is 0 Å². The highest BCUT2D eigenvalue weighted by Crippen LogP contribution is 2.24. The fourth-order valence-electron chi connectivity index (χ4n) is 2.31. The van der Waals surface area contributed by atoms with Gasteiger partial charge in [-0.05, 0) is 36.6 Å². The molecule has 0 unspecified atom stereocenters. The predicted octanol–water partition coefficient (Wildman–Crippen LogP) is 3.10. The molecule has 0 aromatic heterocycles. The quantitative estimate of drug-likeness (QED) is 0.750. The van der Waals surface area contributed by atoms with E-state index in [0.717, 1.165) is 23.4 Å². The first-order chi connectivity index (χ1) is 11.8. The third-order valence-corrected chi connectivity index (χ3v) is 5.35. The molecule has 0 aliphatic rings. The van der Waals surface area contributed by atoms with Crippen LogP contribution in [0.25, 0.3) is 0 Å². The van der Waals surface area contributed by atoms with Crippen LogP contribution in [0.3, 0.4) is 0 Å². The van der Waals surface area contributed by atoms with Gasteiger partial charge in [-0.2, -0.15) is 0 Å². The maximum Gasteiger partial charge on any atom is 0.252 e. The Morgan fingerprint density at radius 1 is 1.16 bits per heavy atom. The number of halogens is 1. The lowest BCUT2D eigenvalue weighted by atomic mass is 10.1. The molecule has 1 N–H and O–H groups in total. The van der Waals surface area contributed by atoms with E-state index < -0.39 is 10.0 Å². The molecule has 2 aromatic rings. The fraction of sp³-hybridized carbons (Fsp3) is 0.278. The van der Waals surface area contributed by atoms with Crippen LogP contribution in [0, 0.1) is 0 Å². The summed E-state index contributed by atoms with van der Waals surface area (Å²) in [5, 5.41) is 3.05. The van der Waals surface area contributed by atoms with Gasteiger partial charge in [-0.25, -0.2) is 8.42 Å². The molecule has 0 radical (unpaired) electrons. The van der Waals surface area contributed by atoms with E-state index in [1.54, 1.807) is 6.07 Å². The van der Waals surface area contributed by atoms with Crippen LogP contribution in [0.4, 0.5) is 5.69 Å². The van der Waals surface area contributed by atoms with Crippen LogP contribution in [-0.4, -0.2) is 34.2 Å². The predicted molar refractivity (Wildman–Crippen MR) is 102 cm³/mol. The zero-order valence-electron chi connectivity index (χ0n) is 14.2. The summed E-state index contributed by atoms with van der Waals surface area (Å²) >= 11 is 6.14. The van der Waals surface area contributed by atoms with E-state index >= 15 is 0 Å². The second-order valence-electron chi connectivity index (χ2n) is 5.74. The maximum atomic E-state index is 12.2. The Hall–Kier alpha value is -2.05. The van der Waals surface area contributed by atoms with Crippen molar-refractivity contribution in [2.45, 2.75) is 12.8 Å². The number of aryl methyl sites for hydroxylation is 1. The molecule has 0 fully saturated rings. The van der Waals surface area contributed by atoms with Gasteiger partial charge >= 0.3 is 0 Å². The number of anilines is 1. The standard InChI is InChI=1S/C18H21ClN2O3S/c1-21(25(2,23)24)15-10-11-16(17(19)13-15)18(22)20-12-6-9-14-7-4-3-5-8-14/h3-5,7-8,10-11,13H,6,9,12H2,1-2H3,(H,20,22). The fourth-order valence-corrected chi connectivity index (χ4v) is 3.07. The summed E-state index contributed by atoms with van der Waals surface area (Å²) in [6.45, 7) is 0.537. The second kappa shape index (κ2) is 8.36. The number of carbonyl (C=O) groups is 1. The molecule has 25 heavy (non-hydrogen) atoms. The zero-order valence-corrected chi connectivity index (χ0v) is 15.8. The lowest BCUT2D eigenvalue weighted by Crippen LogP contribution is -2.26. The average Bonchev–Trinajstić information content (AvgIpc) is 2.58. The van der Waals surface area contributed by atoms with Gasteiger partial charge in [-0.15, -0.1) is 0 Å². The summed E-state index contributed by atoms with van der Waals surface area (Å²) in [6.07, 6.45) is 2.81. The molecule has 2 rings (SSSR count). The van der Waals surface area contributed by atoms with E-state index in [2.05, 4.69) is 17.4 Å². The number of nitrogens with zero attached hydrogens (tertiary/aromatic N) is 1. The molecule has 0 aliphatic carbocycles. The van der Waals surface area contributed by atoms with Gasteiger partial charge in [0.05, 0.1) is 22.5 Å². The van der Waals surface area contributed by atoms with Gasteiger partial charge in [0.25, 0.3) is 5.91 Å². The van der Waals surface area contributed by atoms with Crippen molar-refractivity contribution in [1.29, 1.82) is 0 Å². The maximum absolute atomic E-state index is 12.2. The van der Waals surface area contributed by atoms with Crippen molar-refractivity contribution in [2.75, 3.05) is 24.2 Å². The summed E-state index contributed by atoms with van der Waals surface area (Å²) in [4.78, 5) is 12.2. The first-order valence-corrected chi connectivity index (χ1v) is 10.1. The Labute approximate surface area is 153 Å². The van der Waals surface area contributed by atoms with Crippen LogP contribution >= 0.6 is 11.6 Å². The largest absolute Gasteiger partial charge is 0.352 e. The van der Waals surface area contributed by atoms with E-state index in [0.29, 0.717) is 17.8 Å². The highest BCUT2D eigenvalue weighted by molar-refractivity contribution is 7.92. The normalized spacial score (nSPS) is 11.2. The van der Waals surface area contributed by atoms with Gasteiger partial charge in [0.2, 0.25) is 10.0 Å². The molecule has 0 heterocycles. The van der Waals surface area contributed by atoms with Crippen LogP contribution in [0.2, 0.25) is 5.02 Å². The van der Waals surface area contributed by atoms with E-state index in [9.17, 15) is 13.2 Å². The number of rotatable bonds is 7. The number of hydrogen-bond donors (Lipinski definition) is 1. The minimum atomic E-state index is -3.38. The van der Waals surface area contributed by atoms with Crippen LogP contribution in [0.15, 0.2) is 48.5 Å². The van der Waals surface area contributed by atoms with E-state index in [4.69, 9.17) is 11.6 Å². The molecular weight excluding hydrogens is 360 g/mol. The van der Waals surface area contributed by atoms with Crippen molar-refractivity contribution in [2.24, 2.45) is 0 Å². The summed E-state index contributed by atoms with van der Waals surface area (Å²) in [6, 6.07) is 14.6. The first-order valence-electron chi connectivity index (χ1n) is 7.84. The average molecular weight is 381 g/mol. The van der Waals surface area contributed by atoms with Gasteiger partial charge in [0.15, 0.2) is 0 Å². The summed E-state index contributed by atoms with van der Waals surface area (Å²) in [5.74, 6) is -0.272. The Bertz CT molecular complexity index is 839. The smallest absolute Gasteiger partial charge is 0.252 e. The van der Waals surface area contributed by atoms with Crippen LogP contribution in [0.5, 0.6) is 0 Å². The molecular formula is C18H21ClN2O3S. The summed E-state index contributed by atoms with van der Waals surface area (Å²) in [7, 11) is -1.94. The van der Waals surface area contributed by atoms with Gasteiger partial charge in [-0.3, -0.25) is 9.10 Å². The second-order valence-corrected chi connectivity index (χ2v) is 8.16. The Kier molecular flexibility index (Phi) is 6.45. The molecule has 0 atom stereocenters. The minimum absolute atomic E-state index is 0.216. The number of benzene rings is 2. The van der Waals surface area contributed by atoms with Crippen LogP contribution < -0.4 is 9.62 Å². The number of sulfonamides is 1. The molecule has 1 amide bonds. The number of nitrogens with one attached hydrogen (secondary N) is 1. The Morgan fingerprint density at radius 3 is 2.44 bits per heavy atom. The lowest BCUT2D eigenvalue weighted by molar-refractivity contribution is 0.0953. The Morgan fingerprint density at radius 2 is 1.84 bits per heavy atom. The monoisotopic (exact) mass is 380 g/mol. The highest BCUT2D eigenvalue weighted by Gasteiger charge is 2.16. The third kappa shape index (κ3) is 5.47. The number of hydrogen-bond acceptors (Lipinski definition) is 3. The van der Waals surface area contributed by atoms with E-state index in [-0.39, 0.29) is 10.9 Å². The van der Waals surface area contributed by atoms with Crippen LogP contribution in [0.1, 0.15) is 22.3 Å². The molecule has 0 spiro atoms. The van der Waals surface area contributed by atoms with E-state index in [1.807, 2.05) is 18.2 Å². The number of carbonyl (C=O) groups excluding carboxylic acids is 1. The van der Waals surface area contributed by atoms with Crippen molar-refractivity contribution >= 4 is 33.2 Å². The molecule has 134 valence electrons. The zero-order chi connectivity index (χ0) is 18.4. The molecule has 5 nitrogen and oxygen atoms in total. The van der Waals surface area contributed by atoms with Crippen LogP contribution in [-0.2, 0) is 16.4 Å². The van der Waals surface area contributed by atoms with Crippen molar-refractivity contribution in [1.82, 2.24) is 5.32 Å². The molecule has 7 heteroatoms. The van der Waals surface area contributed by atoms with Crippen molar-refractivity contribution < 1.29 is 13.2 Å². The van der Waals surface area contributed by atoms with Gasteiger partial charge in [-0.1, -0.05) is 41.9 Å². The Balaban J connectivity index is 1.93. The van der Waals surface area contributed by atoms with E-state index in [1.165, 1.54) is 24.7 Å². The van der Waals surface area contributed by atoms with Gasteiger partial charge in [0.1, 0.15) is 0 Å². The number of amides is 1. The topological polar surface area (TPSA) is 66.5 Å². The lowest BCUT2D eigenvalue weighted by Gasteiger charge is -2.17. The molecule has 0 saturated heterocycles. The molecule has 2 aromatic carbocycles. The summed E-state index contributed by atoms with van der Waals surface area (Å²) in [5.41, 5.74) is 1.96. The van der Waals surface area contributed by atoms with Gasteiger partial charge in [0, 0.05) is 13.6 Å². The van der Waals surface area contributed by atoms with Gasteiger partial charge < -0.3 is 5.32 Å².